The maximum absolute atomic E-state index is 12.6. The van der Waals surface area contributed by atoms with Gasteiger partial charge in [-0.2, -0.15) is 5.26 Å². The average Bonchev–Trinajstić information content (AvgIpc) is 2.91. The van der Waals surface area contributed by atoms with E-state index >= 15 is 0 Å². The molecule has 0 unspecified atom stereocenters. The number of carbonyl (C=O) groups is 1. The highest BCUT2D eigenvalue weighted by Gasteiger charge is 2.16. The summed E-state index contributed by atoms with van der Waals surface area (Å²) in [5.74, 6) is 1.10. The maximum atomic E-state index is 12.6. The number of aromatic nitrogens is 2. The lowest BCUT2D eigenvalue weighted by Gasteiger charge is -2.22. The van der Waals surface area contributed by atoms with Gasteiger partial charge in [-0.25, -0.2) is 9.97 Å². The summed E-state index contributed by atoms with van der Waals surface area (Å²) in [6.07, 6.45) is 4.77. The van der Waals surface area contributed by atoms with E-state index in [0.29, 0.717) is 22.8 Å². The lowest BCUT2D eigenvalue weighted by molar-refractivity contribution is 0.102. The van der Waals surface area contributed by atoms with Crippen LogP contribution in [0.4, 0.5) is 11.5 Å². The predicted octanol–water partition coefficient (Wildman–Crippen LogP) is 3.29. The van der Waals surface area contributed by atoms with Crippen molar-refractivity contribution in [3.63, 3.8) is 0 Å². The third kappa shape index (κ3) is 4.32. The van der Waals surface area contributed by atoms with Crippen LogP contribution in [0.1, 0.15) is 47.6 Å². The average molecular weight is 335 g/mol. The second-order valence-corrected chi connectivity index (χ2v) is 6.21. The molecule has 1 saturated heterocycles. The number of benzene rings is 1. The molecule has 0 bridgehead atoms. The molecular weight excluding hydrogens is 314 g/mol. The van der Waals surface area contributed by atoms with E-state index in [2.05, 4.69) is 26.3 Å². The first-order valence-corrected chi connectivity index (χ1v) is 8.58. The molecule has 0 aliphatic carbocycles. The van der Waals surface area contributed by atoms with Gasteiger partial charge in [0.25, 0.3) is 5.91 Å². The minimum atomic E-state index is -0.295. The van der Waals surface area contributed by atoms with Crippen LogP contribution in [0.25, 0.3) is 0 Å². The fraction of sp³-hybridized carbons (Fsp3) is 0.368. The zero-order valence-electron chi connectivity index (χ0n) is 14.3. The number of nitrogens with zero attached hydrogens (tertiary/aromatic N) is 4. The van der Waals surface area contributed by atoms with E-state index in [9.17, 15) is 4.79 Å². The van der Waals surface area contributed by atoms with Gasteiger partial charge in [-0.05, 0) is 38.0 Å². The topological polar surface area (TPSA) is 81.9 Å². The summed E-state index contributed by atoms with van der Waals surface area (Å²) in [5, 5.41) is 11.8. The van der Waals surface area contributed by atoms with Crippen molar-refractivity contribution in [3.8, 4) is 6.07 Å². The molecule has 1 aromatic heterocycles. The summed E-state index contributed by atoms with van der Waals surface area (Å²) >= 11 is 0. The summed E-state index contributed by atoms with van der Waals surface area (Å²) in [5.41, 5.74) is 1.42. The van der Waals surface area contributed by atoms with Gasteiger partial charge in [-0.3, -0.25) is 4.79 Å². The Bertz CT molecular complexity index is 804. The molecule has 1 amide bonds. The molecule has 3 rings (SSSR count). The number of hydrogen-bond donors (Lipinski definition) is 1. The number of amides is 1. The highest BCUT2D eigenvalue weighted by molar-refractivity contribution is 6.03. The van der Waals surface area contributed by atoms with Gasteiger partial charge in [0.2, 0.25) is 0 Å². The monoisotopic (exact) mass is 335 g/mol. The van der Waals surface area contributed by atoms with Gasteiger partial charge >= 0.3 is 0 Å². The molecule has 1 aliphatic heterocycles. The fourth-order valence-electron chi connectivity index (χ4n) is 2.99. The number of carbonyl (C=O) groups excluding carboxylic acids is 1. The smallest absolute Gasteiger partial charge is 0.274 e. The maximum Gasteiger partial charge on any atom is 0.274 e. The molecule has 0 saturated carbocycles. The van der Waals surface area contributed by atoms with E-state index in [1.54, 1.807) is 37.3 Å². The molecule has 0 spiro atoms. The highest BCUT2D eigenvalue weighted by Crippen LogP contribution is 2.19. The first-order valence-electron chi connectivity index (χ1n) is 8.58. The van der Waals surface area contributed by atoms with Crippen molar-refractivity contribution >= 4 is 17.4 Å². The molecule has 1 N–H and O–H groups in total. The second kappa shape index (κ2) is 7.75. The van der Waals surface area contributed by atoms with E-state index in [1.165, 1.54) is 12.8 Å². The minimum absolute atomic E-state index is 0.295. The molecule has 128 valence electrons. The second-order valence-electron chi connectivity index (χ2n) is 6.21. The Hall–Kier alpha value is -2.94. The summed E-state index contributed by atoms with van der Waals surface area (Å²) in [4.78, 5) is 23.6. The molecule has 2 aromatic rings. The van der Waals surface area contributed by atoms with Crippen molar-refractivity contribution in [3.05, 3.63) is 47.4 Å². The van der Waals surface area contributed by atoms with Crippen LogP contribution in [0, 0.1) is 18.3 Å². The van der Waals surface area contributed by atoms with Crippen molar-refractivity contribution < 1.29 is 4.79 Å². The first-order chi connectivity index (χ1) is 12.2. The van der Waals surface area contributed by atoms with Gasteiger partial charge in [-0.15, -0.1) is 0 Å². The molecule has 2 heterocycles. The zero-order valence-corrected chi connectivity index (χ0v) is 14.3. The van der Waals surface area contributed by atoms with E-state index in [1.807, 2.05) is 0 Å². The molecule has 6 heteroatoms. The van der Waals surface area contributed by atoms with Crippen molar-refractivity contribution in [1.82, 2.24) is 9.97 Å². The molecule has 6 nitrogen and oxygen atoms in total. The molecule has 1 aliphatic rings. The van der Waals surface area contributed by atoms with E-state index in [0.717, 1.165) is 31.7 Å². The molecule has 1 fully saturated rings. The van der Waals surface area contributed by atoms with Crippen LogP contribution in [0.5, 0.6) is 0 Å². The third-order valence-corrected chi connectivity index (χ3v) is 4.24. The van der Waals surface area contributed by atoms with Crippen LogP contribution in [0.15, 0.2) is 30.3 Å². The van der Waals surface area contributed by atoms with Crippen molar-refractivity contribution in [2.75, 3.05) is 23.3 Å². The standard InChI is InChI=1S/C19H21N5O/c1-14-21-17(12-18(22-14)24-9-4-2-3-5-10-24)19(25)23-16-8-6-7-15(11-16)13-20/h6-8,11-12H,2-5,9-10H2,1H3,(H,23,25). The van der Waals surface area contributed by atoms with Crippen LogP contribution in [-0.4, -0.2) is 29.0 Å². The van der Waals surface area contributed by atoms with E-state index in [-0.39, 0.29) is 5.91 Å². The van der Waals surface area contributed by atoms with E-state index < -0.39 is 0 Å². The van der Waals surface area contributed by atoms with Gasteiger partial charge in [0.1, 0.15) is 17.3 Å². The number of rotatable bonds is 3. The minimum Gasteiger partial charge on any atom is -0.356 e. The number of aryl methyl sites for hydroxylation is 1. The van der Waals surface area contributed by atoms with Crippen molar-refractivity contribution in [1.29, 1.82) is 5.26 Å². The predicted molar refractivity (Wildman–Crippen MR) is 96.6 cm³/mol. The Morgan fingerprint density at radius 3 is 2.64 bits per heavy atom. The van der Waals surface area contributed by atoms with Crippen molar-refractivity contribution in [2.24, 2.45) is 0 Å². The number of nitrogens with one attached hydrogen (secondary N) is 1. The Morgan fingerprint density at radius 2 is 1.92 bits per heavy atom. The quantitative estimate of drug-likeness (QED) is 0.931. The van der Waals surface area contributed by atoms with Crippen LogP contribution in [0.3, 0.4) is 0 Å². The van der Waals surface area contributed by atoms with Crippen molar-refractivity contribution in [2.45, 2.75) is 32.6 Å². The summed E-state index contributed by atoms with van der Waals surface area (Å²) in [6.45, 7) is 3.72. The third-order valence-electron chi connectivity index (χ3n) is 4.24. The Kier molecular flexibility index (Phi) is 5.24. The Labute approximate surface area is 147 Å². The summed E-state index contributed by atoms with van der Waals surface area (Å²) in [6, 6.07) is 10.6. The van der Waals surface area contributed by atoms with E-state index in [4.69, 9.17) is 5.26 Å². The van der Waals surface area contributed by atoms with Gasteiger partial charge < -0.3 is 10.2 Å². The van der Waals surface area contributed by atoms with Crippen LogP contribution >= 0.6 is 0 Å². The van der Waals surface area contributed by atoms with Crippen LogP contribution in [-0.2, 0) is 0 Å². The normalized spacial score (nSPS) is 14.5. The van der Waals surface area contributed by atoms with Crippen LogP contribution in [0.2, 0.25) is 0 Å². The largest absolute Gasteiger partial charge is 0.356 e. The Balaban J connectivity index is 1.81. The molecule has 25 heavy (non-hydrogen) atoms. The fourth-order valence-corrected chi connectivity index (χ4v) is 2.99. The summed E-state index contributed by atoms with van der Waals surface area (Å²) < 4.78 is 0. The molecule has 0 radical (unpaired) electrons. The molecular formula is C19H21N5O. The number of nitriles is 1. The highest BCUT2D eigenvalue weighted by atomic mass is 16.1. The SMILES string of the molecule is Cc1nc(C(=O)Nc2cccc(C#N)c2)cc(N2CCCCCC2)n1. The van der Waals surface area contributed by atoms with Gasteiger partial charge in [0.05, 0.1) is 11.6 Å². The number of anilines is 2. The lowest BCUT2D eigenvalue weighted by Crippen LogP contribution is -2.26. The van der Waals surface area contributed by atoms with Gasteiger partial charge in [0, 0.05) is 24.8 Å². The molecule has 0 atom stereocenters. The van der Waals surface area contributed by atoms with Crippen LogP contribution < -0.4 is 10.2 Å². The van der Waals surface area contributed by atoms with Gasteiger partial charge in [0.15, 0.2) is 0 Å². The number of hydrogen-bond acceptors (Lipinski definition) is 5. The molecule has 1 aromatic carbocycles. The van der Waals surface area contributed by atoms with Gasteiger partial charge in [-0.1, -0.05) is 18.9 Å². The first kappa shape index (κ1) is 16.9. The lowest BCUT2D eigenvalue weighted by atomic mass is 10.2. The Morgan fingerprint density at radius 1 is 1.16 bits per heavy atom. The summed E-state index contributed by atoms with van der Waals surface area (Å²) in [7, 11) is 0. The zero-order chi connectivity index (χ0) is 17.6.